The van der Waals surface area contributed by atoms with Crippen LogP contribution >= 0.6 is 22.7 Å². The molecule has 0 aliphatic heterocycles. The molecular formula is C46H25N3OS2. The third kappa shape index (κ3) is 4.02. The summed E-state index contributed by atoms with van der Waals surface area (Å²) in [7, 11) is 0. The Morgan fingerprint density at radius 2 is 0.962 bits per heavy atom. The Bertz CT molecular complexity index is 3300. The fourth-order valence-electron chi connectivity index (χ4n) is 8.04. The van der Waals surface area contributed by atoms with Gasteiger partial charge in [-0.1, -0.05) is 91.0 Å². The molecule has 7 aromatic carbocycles. The molecular weight excluding hydrogens is 675 g/mol. The van der Waals surface area contributed by atoms with E-state index in [1.165, 1.54) is 40.3 Å². The maximum atomic E-state index is 6.67. The molecule has 12 aromatic rings. The minimum Gasteiger partial charge on any atom is -0.454 e. The standard InChI is InChI=1S/C46H25N3OS2/c1-5-13-38-28(9-1)32-19-20-33-29-10-2-6-14-39(29)50-45(33)44(32)49(38)46-47-36(26-17-21-42-34(23-26)30-11-3-7-15-40(30)51-42)25-37(48-46)27-18-22-43-35(24-27)31-12-4-8-16-41(31)52-43/h1-25H. The molecule has 0 unspecified atom stereocenters. The van der Waals surface area contributed by atoms with Crippen LogP contribution in [0.1, 0.15) is 0 Å². The fraction of sp³-hybridized carbons (Fsp3) is 0. The Kier molecular flexibility index (Phi) is 5.78. The van der Waals surface area contributed by atoms with Crippen LogP contribution in [0.3, 0.4) is 0 Å². The summed E-state index contributed by atoms with van der Waals surface area (Å²) in [5.41, 5.74) is 7.55. The van der Waals surface area contributed by atoms with Crippen LogP contribution in [0, 0.1) is 0 Å². The lowest BCUT2D eigenvalue weighted by atomic mass is 10.0. The van der Waals surface area contributed by atoms with Gasteiger partial charge in [0.2, 0.25) is 5.95 Å². The molecule has 0 aliphatic rings. The second-order valence-corrected chi connectivity index (χ2v) is 15.5. The lowest BCUT2D eigenvalue weighted by Crippen LogP contribution is -2.04. The van der Waals surface area contributed by atoms with Crippen molar-refractivity contribution in [3.05, 3.63) is 152 Å². The molecule has 5 heterocycles. The monoisotopic (exact) mass is 699 g/mol. The summed E-state index contributed by atoms with van der Waals surface area (Å²) in [4.78, 5) is 10.8. The molecule has 0 saturated heterocycles. The number of hydrogen-bond acceptors (Lipinski definition) is 5. The van der Waals surface area contributed by atoms with Crippen molar-refractivity contribution in [3.63, 3.8) is 0 Å². The number of thiophene rings is 2. The van der Waals surface area contributed by atoms with Crippen molar-refractivity contribution in [1.82, 2.24) is 14.5 Å². The maximum Gasteiger partial charge on any atom is 0.235 e. The van der Waals surface area contributed by atoms with Crippen LogP contribution in [-0.2, 0) is 0 Å². The van der Waals surface area contributed by atoms with Gasteiger partial charge in [0.15, 0.2) is 5.58 Å². The molecule has 0 N–H and O–H groups in total. The molecule has 0 spiro atoms. The number of furan rings is 1. The minimum atomic E-state index is 0.609. The van der Waals surface area contributed by atoms with Gasteiger partial charge in [0.25, 0.3) is 0 Å². The highest BCUT2D eigenvalue weighted by Gasteiger charge is 2.22. The third-order valence-corrected chi connectivity index (χ3v) is 12.7. The van der Waals surface area contributed by atoms with E-state index in [0.717, 1.165) is 66.3 Å². The Hall–Kier alpha value is -6.34. The van der Waals surface area contributed by atoms with Gasteiger partial charge in [-0.2, -0.15) is 0 Å². The molecule has 0 radical (unpaired) electrons. The van der Waals surface area contributed by atoms with Gasteiger partial charge in [0.05, 0.1) is 16.9 Å². The summed E-state index contributed by atoms with van der Waals surface area (Å²) < 4.78 is 14.0. The minimum absolute atomic E-state index is 0.609. The molecule has 0 aliphatic carbocycles. The first-order valence-electron chi connectivity index (χ1n) is 17.3. The smallest absolute Gasteiger partial charge is 0.235 e. The summed E-state index contributed by atoms with van der Waals surface area (Å²) in [5.74, 6) is 0.609. The zero-order valence-corrected chi connectivity index (χ0v) is 29.1. The molecule has 0 atom stereocenters. The number of nitrogens with zero attached hydrogens (tertiary/aromatic N) is 3. The van der Waals surface area contributed by atoms with Crippen LogP contribution < -0.4 is 0 Å². The van der Waals surface area contributed by atoms with Crippen molar-refractivity contribution in [2.45, 2.75) is 0 Å². The van der Waals surface area contributed by atoms with E-state index in [-0.39, 0.29) is 0 Å². The van der Waals surface area contributed by atoms with Gasteiger partial charge in [0, 0.05) is 73.0 Å². The summed E-state index contributed by atoms with van der Waals surface area (Å²) in [5, 5.41) is 9.43. The van der Waals surface area contributed by atoms with Crippen LogP contribution in [0.15, 0.2) is 156 Å². The van der Waals surface area contributed by atoms with E-state index in [1.807, 2.05) is 34.8 Å². The van der Waals surface area contributed by atoms with Crippen molar-refractivity contribution >= 4 is 107 Å². The van der Waals surface area contributed by atoms with Crippen molar-refractivity contribution in [1.29, 1.82) is 0 Å². The fourth-order valence-corrected chi connectivity index (χ4v) is 10.2. The Morgan fingerprint density at radius 1 is 0.423 bits per heavy atom. The zero-order valence-electron chi connectivity index (χ0n) is 27.5. The molecule has 5 aromatic heterocycles. The SMILES string of the molecule is c1ccc2c(c1)oc1c2ccc2c3ccccc3n(-c3nc(-c4ccc5sc6ccccc6c5c4)cc(-c4ccc5sc6ccccc6c5c4)n3)c21. The average molecular weight is 700 g/mol. The van der Waals surface area contributed by atoms with E-state index < -0.39 is 0 Å². The van der Waals surface area contributed by atoms with E-state index in [4.69, 9.17) is 14.4 Å². The van der Waals surface area contributed by atoms with Crippen LogP contribution in [0.25, 0.3) is 113 Å². The molecule has 0 amide bonds. The quantitative estimate of drug-likeness (QED) is 0.184. The van der Waals surface area contributed by atoms with Gasteiger partial charge < -0.3 is 4.42 Å². The summed E-state index contributed by atoms with van der Waals surface area (Å²) in [6, 6.07) is 54.1. The maximum absolute atomic E-state index is 6.67. The number of fused-ring (bicyclic) bond motifs is 13. The summed E-state index contributed by atoms with van der Waals surface area (Å²) in [6.45, 7) is 0. The number of aromatic nitrogens is 3. The van der Waals surface area contributed by atoms with Gasteiger partial charge in [-0.25, -0.2) is 9.97 Å². The lowest BCUT2D eigenvalue weighted by molar-refractivity contribution is 0.670. The van der Waals surface area contributed by atoms with Gasteiger partial charge in [0.1, 0.15) is 11.1 Å². The van der Waals surface area contributed by atoms with E-state index >= 15 is 0 Å². The molecule has 0 bridgehead atoms. The summed E-state index contributed by atoms with van der Waals surface area (Å²) >= 11 is 3.66. The second-order valence-electron chi connectivity index (χ2n) is 13.3. The predicted octanol–water partition coefficient (Wildman–Crippen LogP) is 13.5. The molecule has 4 nitrogen and oxygen atoms in total. The van der Waals surface area contributed by atoms with Crippen LogP contribution in [-0.4, -0.2) is 14.5 Å². The van der Waals surface area contributed by atoms with E-state index in [2.05, 4.69) is 144 Å². The molecule has 52 heavy (non-hydrogen) atoms. The largest absolute Gasteiger partial charge is 0.454 e. The first-order valence-corrected chi connectivity index (χ1v) is 18.9. The Labute approximate surface area is 304 Å². The van der Waals surface area contributed by atoms with E-state index in [1.54, 1.807) is 0 Å². The average Bonchev–Trinajstić information content (AvgIpc) is 3.96. The predicted molar refractivity (Wildman–Crippen MR) is 220 cm³/mol. The molecule has 6 heteroatoms. The molecule has 0 saturated carbocycles. The molecule has 0 fully saturated rings. The first kappa shape index (κ1) is 28.4. The lowest BCUT2D eigenvalue weighted by Gasteiger charge is -2.12. The van der Waals surface area contributed by atoms with Crippen molar-refractivity contribution < 1.29 is 4.42 Å². The van der Waals surface area contributed by atoms with Crippen LogP contribution in [0.4, 0.5) is 0 Å². The highest BCUT2D eigenvalue weighted by atomic mass is 32.1. The molecule has 242 valence electrons. The normalized spacial score (nSPS) is 12.2. The number of rotatable bonds is 3. The molecule has 12 rings (SSSR count). The highest BCUT2D eigenvalue weighted by molar-refractivity contribution is 7.26. The third-order valence-electron chi connectivity index (χ3n) is 10.4. The second kappa shape index (κ2) is 10.6. The Morgan fingerprint density at radius 3 is 1.63 bits per heavy atom. The van der Waals surface area contributed by atoms with Crippen molar-refractivity contribution in [3.8, 4) is 28.5 Å². The number of hydrogen-bond donors (Lipinski definition) is 0. The van der Waals surface area contributed by atoms with E-state index in [0.29, 0.717) is 5.95 Å². The van der Waals surface area contributed by atoms with Crippen LogP contribution in [0.2, 0.25) is 0 Å². The van der Waals surface area contributed by atoms with Gasteiger partial charge >= 0.3 is 0 Å². The number of benzene rings is 7. The highest BCUT2D eigenvalue weighted by Crippen LogP contribution is 2.42. The van der Waals surface area contributed by atoms with Gasteiger partial charge in [-0.3, -0.25) is 4.57 Å². The van der Waals surface area contributed by atoms with Crippen molar-refractivity contribution in [2.75, 3.05) is 0 Å². The van der Waals surface area contributed by atoms with Gasteiger partial charge in [-0.05, 0) is 60.7 Å². The first-order chi connectivity index (χ1) is 25.7. The van der Waals surface area contributed by atoms with Gasteiger partial charge in [-0.15, -0.1) is 22.7 Å². The zero-order chi connectivity index (χ0) is 33.9. The Balaban J connectivity index is 1.18. The summed E-state index contributed by atoms with van der Waals surface area (Å²) in [6.07, 6.45) is 0. The van der Waals surface area contributed by atoms with Crippen LogP contribution in [0.5, 0.6) is 0 Å². The van der Waals surface area contributed by atoms with E-state index in [9.17, 15) is 0 Å². The topological polar surface area (TPSA) is 43.9 Å². The number of para-hydroxylation sites is 2. The van der Waals surface area contributed by atoms with Crippen molar-refractivity contribution in [2.24, 2.45) is 0 Å².